The number of hydrogen-bond donors (Lipinski definition) is 3. The number of amides is 1. The molecule has 0 fully saturated rings. The van der Waals surface area contributed by atoms with Crippen LogP contribution in [-0.2, 0) is 6.42 Å². The minimum absolute atomic E-state index is 0.0612. The lowest BCUT2D eigenvalue weighted by Gasteiger charge is -2.09. The smallest absolute Gasteiger partial charge is 0.251 e. The van der Waals surface area contributed by atoms with Crippen molar-refractivity contribution in [1.29, 1.82) is 0 Å². The van der Waals surface area contributed by atoms with Crippen LogP contribution >= 0.6 is 0 Å². The van der Waals surface area contributed by atoms with Gasteiger partial charge in [-0.25, -0.2) is 0 Å². The van der Waals surface area contributed by atoms with Crippen molar-refractivity contribution in [1.82, 2.24) is 5.32 Å². The first-order chi connectivity index (χ1) is 10.1. The topological polar surface area (TPSA) is 61.4 Å². The fourth-order valence-electron chi connectivity index (χ4n) is 2.15. The largest absolute Gasteiger partial charge is 0.508 e. The zero-order chi connectivity index (χ0) is 15.2. The van der Waals surface area contributed by atoms with Crippen molar-refractivity contribution in [3.63, 3.8) is 0 Å². The Morgan fingerprint density at radius 1 is 1.14 bits per heavy atom. The lowest BCUT2D eigenvalue weighted by atomic mass is 10.1. The lowest BCUT2D eigenvalue weighted by molar-refractivity contribution is 0.0953. The van der Waals surface area contributed by atoms with Crippen molar-refractivity contribution in [3.8, 4) is 5.75 Å². The average molecular weight is 284 g/mol. The summed E-state index contributed by atoms with van der Waals surface area (Å²) in [5, 5.41) is 15.2. The third-order valence-electron chi connectivity index (χ3n) is 3.40. The van der Waals surface area contributed by atoms with Gasteiger partial charge in [-0.3, -0.25) is 4.79 Å². The molecule has 4 nitrogen and oxygen atoms in total. The quantitative estimate of drug-likeness (QED) is 0.791. The predicted molar refractivity (Wildman–Crippen MR) is 84.9 cm³/mol. The van der Waals surface area contributed by atoms with E-state index in [0.717, 1.165) is 23.2 Å². The minimum Gasteiger partial charge on any atom is -0.508 e. The summed E-state index contributed by atoms with van der Waals surface area (Å²) in [6, 6.07) is 12.7. The maximum atomic E-state index is 12.1. The van der Waals surface area contributed by atoms with E-state index < -0.39 is 0 Å². The molecule has 0 aliphatic carbocycles. The molecule has 0 saturated carbocycles. The molecule has 0 aromatic heterocycles. The Morgan fingerprint density at radius 3 is 2.48 bits per heavy atom. The number of nitrogens with one attached hydrogen (secondary N) is 2. The van der Waals surface area contributed by atoms with E-state index in [-0.39, 0.29) is 11.7 Å². The molecule has 0 heterocycles. The summed E-state index contributed by atoms with van der Waals surface area (Å²) in [5.41, 5.74) is 3.71. The molecule has 1 amide bonds. The van der Waals surface area contributed by atoms with Gasteiger partial charge < -0.3 is 15.7 Å². The van der Waals surface area contributed by atoms with Gasteiger partial charge >= 0.3 is 0 Å². The summed E-state index contributed by atoms with van der Waals surface area (Å²) in [7, 11) is 1.85. The van der Waals surface area contributed by atoms with Gasteiger partial charge in [-0.05, 0) is 54.8 Å². The molecule has 21 heavy (non-hydrogen) atoms. The van der Waals surface area contributed by atoms with Crippen molar-refractivity contribution < 1.29 is 9.90 Å². The highest BCUT2D eigenvalue weighted by molar-refractivity contribution is 5.96. The van der Waals surface area contributed by atoms with Gasteiger partial charge in [0.15, 0.2) is 0 Å². The molecule has 0 bridgehead atoms. The standard InChI is InChI=1S/C17H20N2O2/c1-12-11-14(18-2)5-8-16(12)17(21)19-10-9-13-3-6-15(20)7-4-13/h3-8,11,18,20H,9-10H2,1-2H3,(H,19,21). The Balaban J connectivity index is 1.91. The van der Waals surface area contributed by atoms with E-state index in [1.807, 2.05) is 44.3 Å². The Hall–Kier alpha value is -2.49. The molecule has 2 aromatic carbocycles. The molecule has 4 heteroatoms. The van der Waals surface area contributed by atoms with Crippen LogP contribution in [0.3, 0.4) is 0 Å². The monoisotopic (exact) mass is 284 g/mol. The van der Waals surface area contributed by atoms with Crippen LogP contribution in [0, 0.1) is 6.92 Å². The average Bonchev–Trinajstić information content (AvgIpc) is 2.49. The lowest BCUT2D eigenvalue weighted by Crippen LogP contribution is -2.26. The number of benzene rings is 2. The maximum absolute atomic E-state index is 12.1. The normalized spacial score (nSPS) is 10.2. The number of phenolic OH excluding ortho intramolecular Hbond substituents is 1. The number of aromatic hydroxyl groups is 1. The molecule has 110 valence electrons. The summed E-state index contributed by atoms with van der Waals surface area (Å²) < 4.78 is 0. The summed E-state index contributed by atoms with van der Waals surface area (Å²) in [6.07, 6.45) is 0.736. The number of carbonyl (C=O) groups excluding carboxylic acids is 1. The Bertz CT molecular complexity index is 621. The van der Waals surface area contributed by atoms with Crippen LogP contribution in [-0.4, -0.2) is 24.6 Å². The van der Waals surface area contributed by atoms with Crippen LogP contribution in [0.15, 0.2) is 42.5 Å². The second-order valence-corrected chi connectivity index (χ2v) is 4.95. The van der Waals surface area contributed by atoms with Gasteiger partial charge in [0.05, 0.1) is 0 Å². The summed E-state index contributed by atoms with van der Waals surface area (Å²) in [6.45, 7) is 2.49. The molecule has 0 spiro atoms. The highest BCUT2D eigenvalue weighted by Crippen LogP contribution is 2.14. The Morgan fingerprint density at radius 2 is 1.86 bits per heavy atom. The number of anilines is 1. The first-order valence-electron chi connectivity index (χ1n) is 6.94. The number of aryl methyl sites for hydroxylation is 1. The van der Waals surface area contributed by atoms with Crippen LogP contribution < -0.4 is 10.6 Å². The first kappa shape index (κ1) is 14.9. The van der Waals surface area contributed by atoms with Crippen molar-refractivity contribution in [2.45, 2.75) is 13.3 Å². The summed E-state index contributed by atoms with van der Waals surface area (Å²) >= 11 is 0. The molecule has 2 aromatic rings. The zero-order valence-electron chi connectivity index (χ0n) is 12.3. The first-order valence-corrected chi connectivity index (χ1v) is 6.94. The number of phenols is 1. The van der Waals surface area contributed by atoms with Gasteiger partial charge in [0.1, 0.15) is 5.75 Å². The zero-order valence-corrected chi connectivity index (χ0v) is 12.3. The van der Waals surface area contributed by atoms with E-state index in [1.54, 1.807) is 12.1 Å². The van der Waals surface area contributed by atoms with E-state index in [1.165, 1.54) is 0 Å². The van der Waals surface area contributed by atoms with Crippen LogP contribution in [0.4, 0.5) is 5.69 Å². The molecule has 0 aliphatic rings. The maximum Gasteiger partial charge on any atom is 0.251 e. The Kier molecular flexibility index (Phi) is 4.82. The van der Waals surface area contributed by atoms with Crippen LogP contribution in [0.5, 0.6) is 5.75 Å². The van der Waals surface area contributed by atoms with Gasteiger partial charge in [-0.15, -0.1) is 0 Å². The van der Waals surface area contributed by atoms with Gasteiger partial charge in [0.25, 0.3) is 5.91 Å². The molecule has 0 atom stereocenters. The van der Waals surface area contributed by atoms with Gasteiger partial charge in [-0.2, -0.15) is 0 Å². The molecular formula is C17H20N2O2. The third kappa shape index (κ3) is 3.99. The van der Waals surface area contributed by atoms with E-state index in [0.29, 0.717) is 12.1 Å². The van der Waals surface area contributed by atoms with E-state index in [2.05, 4.69) is 10.6 Å². The number of carbonyl (C=O) groups is 1. The molecular weight excluding hydrogens is 264 g/mol. The molecule has 0 saturated heterocycles. The van der Waals surface area contributed by atoms with Crippen molar-refractivity contribution in [2.75, 3.05) is 18.9 Å². The van der Waals surface area contributed by atoms with Crippen molar-refractivity contribution in [2.24, 2.45) is 0 Å². The summed E-state index contributed by atoms with van der Waals surface area (Å²) in [4.78, 5) is 12.1. The second kappa shape index (κ2) is 6.79. The van der Waals surface area contributed by atoms with Crippen molar-refractivity contribution >= 4 is 11.6 Å². The van der Waals surface area contributed by atoms with E-state index in [4.69, 9.17) is 0 Å². The SMILES string of the molecule is CNc1ccc(C(=O)NCCc2ccc(O)cc2)c(C)c1. The molecule has 0 radical (unpaired) electrons. The minimum atomic E-state index is -0.0612. The molecule has 0 aliphatic heterocycles. The van der Waals surface area contributed by atoms with Gasteiger partial charge in [0.2, 0.25) is 0 Å². The fourth-order valence-corrected chi connectivity index (χ4v) is 2.15. The van der Waals surface area contributed by atoms with Gasteiger partial charge in [-0.1, -0.05) is 12.1 Å². The molecule has 2 rings (SSSR count). The second-order valence-electron chi connectivity index (χ2n) is 4.95. The van der Waals surface area contributed by atoms with Crippen LogP contribution in [0.2, 0.25) is 0 Å². The fraction of sp³-hybridized carbons (Fsp3) is 0.235. The third-order valence-corrected chi connectivity index (χ3v) is 3.40. The Labute approximate surface area is 124 Å². The molecule has 3 N–H and O–H groups in total. The van der Waals surface area contributed by atoms with E-state index >= 15 is 0 Å². The van der Waals surface area contributed by atoms with Crippen LogP contribution in [0.25, 0.3) is 0 Å². The van der Waals surface area contributed by atoms with E-state index in [9.17, 15) is 9.90 Å². The van der Waals surface area contributed by atoms with Gasteiger partial charge in [0, 0.05) is 24.8 Å². The molecule has 0 unspecified atom stereocenters. The van der Waals surface area contributed by atoms with Crippen LogP contribution in [0.1, 0.15) is 21.5 Å². The highest BCUT2D eigenvalue weighted by Gasteiger charge is 2.08. The van der Waals surface area contributed by atoms with Crippen molar-refractivity contribution in [3.05, 3.63) is 59.2 Å². The number of rotatable bonds is 5. The summed E-state index contributed by atoms with van der Waals surface area (Å²) in [5.74, 6) is 0.192. The predicted octanol–water partition coefficient (Wildman–Crippen LogP) is 2.71. The number of hydrogen-bond acceptors (Lipinski definition) is 3. The highest BCUT2D eigenvalue weighted by atomic mass is 16.3.